The van der Waals surface area contributed by atoms with Gasteiger partial charge in [-0.3, -0.25) is 10.00 Å². The molecule has 0 spiro atoms. The van der Waals surface area contributed by atoms with E-state index in [9.17, 15) is 4.79 Å². The van der Waals surface area contributed by atoms with Crippen LogP contribution in [0.4, 0.5) is 22.1 Å². The highest BCUT2D eigenvalue weighted by molar-refractivity contribution is 5.90. The number of anilines is 3. The summed E-state index contributed by atoms with van der Waals surface area (Å²) in [6.07, 6.45) is 1.91. The van der Waals surface area contributed by atoms with Gasteiger partial charge < -0.3 is 17.2 Å². The average Bonchev–Trinajstić information content (AvgIpc) is 3.00. The zero-order valence-electron chi connectivity index (χ0n) is 16.2. The fourth-order valence-corrected chi connectivity index (χ4v) is 2.96. The first-order valence-electron chi connectivity index (χ1n) is 8.92. The van der Waals surface area contributed by atoms with E-state index >= 15 is 0 Å². The molecule has 0 atom stereocenters. The van der Waals surface area contributed by atoms with Crippen LogP contribution in [-0.2, 0) is 6.42 Å². The standard InChI is InChI=1S/C20H22N8O/c1-12-16(13(2)27-26-12)8-9-28(20(23)29)15-5-3-4-14(10-15)6-7-17-18(21)24-11-25-19(17)22/h3-5,10-11H,8-9H2,1-2H3,(H2,23,29)(H,26,27)(H4,21,22,24,25). The van der Waals surface area contributed by atoms with Gasteiger partial charge in [0.25, 0.3) is 0 Å². The number of carbonyl (C=O) groups is 1. The highest BCUT2D eigenvalue weighted by Gasteiger charge is 2.15. The van der Waals surface area contributed by atoms with Crippen molar-refractivity contribution < 1.29 is 4.79 Å². The average molecular weight is 390 g/mol. The van der Waals surface area contributed by atoms with Crippen molar-refractivity contribution in [3.63, 3.8) is 0 Å². The first-order chi connectivity index (χ1) is 13.9. The molecule has 0 saturated carbocycles. The number of rotatable bonds is 4. The number of aromatic nitrogens is 4. The molecule has 0 fully saturated rings. The summed E-state index contributed by atoms with van der Waals surface area (Å²) >= 11 is 0. The van der Waals surface area contributed by atoms with Crippen LogP contribution >= 0.6 is 0 Å². The van der Waals surface area contributed by atoms with Gasteiger partial charge in [0.05, 0.1) is 5.69 Å². The van der Waals surface area contributed by atoms with Crippen LogP contribution in [0.3, 0.4) is 0 Å². The van der Waals surface area contributed by atoms with Crippen molar-refractivity contribution in [2.24, 2.45) is 5.73 Å². The molecular weight excluding hydrogens is 368 g/mol. The molecule has 0 aliphatic rings. The quantitative estimate of drug-likeness (QED) is 0.495. The number of nitrogens with two attached hydrogens (primary N) is 3. The summed E-state index contributed by atoms with van der Waals surface area (Å²) in [6, 6.07) is 6.66. The molecule has 2 aromatic heterocycles. The molecule has 3 rings (SSSR count). The van der Waals surface area contributed by atoms with Crippen LogP contribution in [0.15, 0.2) is 30.6 Å². The molecule has 1 aromatic carbocycles. The third-order valence-corrected chi connectivity index (χ3v) is 4.53. The van der Waals surface area contributed by atoms with Crippen molar-refractivity contribution in [3.05, 3.63) is 58.7 Å². The molecule has 3 aromatic rings. The number of primary amides is 1. The van der Waals surface area contributed by atoms with E-state index in [1.807, 2.05) is 19.9 Å². The lowest BCUT2D eigenvalue weighted by Crippen LogP contribution is -2.37. The number of hydrogen-bond donors (Lipinski definition) is 4. The molecule has 2 heterocycles. The number of hydrogen-bond acceptors (Lipinski definition) is 6. The van der Waals surface area contributed by atoms with Crippen LogP contribution < -0.4 is 22.1 Å². The highest BCUT2D eigenvalue weighted by Crippen LogP contribution is 2.19. The maximum atomic E-state index is 12.0. The number of nitrogens with zero attached hydrogens (tertiary/aromatic N) is 4. The maximum absolute atomic E-state index is 12.0. The Kier molecular flexibility index (Phi) is 5.64. The highest BCUT2D eigenvalue weighted by atomic mass is 16.2. The van der Waals surface area contributed by atoms with Gasteiger partial charge in [0.2, 0.25) is 0 Å². The monoisotopic (exact) mass is 390 g/mol. The second-order valence-electron chi connectivity index (χ2n) is 6.47. The Morgan fingerprint density at radius 3 is 2.52 bits per heavy atom. The summed E-state index contributed by atoms with van der Waals surface area (Å²) in [5.74, 6) is 6.30. The fourth-order valence-electron chi connectivity index (χ4n) is 2.96. The van der Waals surface area contributed by atoms with E-state index in [0.717, 1.165) is 17.0 Å². The topological polar surface area (TPSA) is 153 Å². The van der Waals surface area contributed by atoms with Crippen LogP contribution in [-0.4, -0.2) is 32.7 Å². The van der Waals surface area contributed by atoms with Gasteiger partial charge in [0.15, 0.2) is 0 Å². The third-order valence-electron chi connectivity index (χ3n) is 4.53. The van der Waals surface area contributed by atoms with Crippen molar-refractivity contribution in [2.75, 3.05) is 22.9 Å². The molecule has 148 valence electrons. The molecule has 2 amide bonds. The summed E-state index contributed by atoms with van der Waals surface area (Å²) in [5.41, 5.74) is 21.9. The van der Waals surface area contributed by atoms with E-state index in [1.54, 1.807) is 18.2 Å². The second kappa shape index (κ2) is 8.31. The zero-order valence-corrected chi connectivity index (χ0v) is 16.2. The van der Waals surface area contributed by atoms with Gasteiger partial charge in [-0.25, -0.2) is 14.8 Å². The summed E-state index contributed by atoms with van der Waals surface area (Å²) in [7, 11) is 0. The number of aryl methyl sites for hydroxylation is 2. The minimum absolute atomic E-state index is 0.214. The largest absolute Gasteiger partial charge is 0.382 e. The van der Waals surface area contributed by atoms with Crippen LogP contribution in [0.25, 0.3) is 0 Å². The van der Waals surface area contributed by atoms with Gasteiger partial charge in [0.1, 0.15) is 23.5 Å². The van der Waals surface area contributed by atoms with Crippen molar-refractivity contribution in [2.45, 2.75) is 20.3 Å². The normalized spacial score (nSPS) is 10.3. The minimum atomic E-state index is -0.543. The lowest BCUT2D eigenvalue weighted by molar-refractivity contribution is 0.254. The van der Waals surface area contributed by atoms with E-state index in [1.165, 1.54) is 11.2 Å². The van der Waals surface area contributed by atoms with Gasteiger partial charge in [-0.2, -0.15) is 5.10 Å². The number of amides is 2. The number of H-pyrrole nitrogens is 1. The number of nitrogens with one attached hydrogen (secondary N) is 1. The van der Waals surface area contributed by atoms with Crippen molar-refractivity contribution in [1.82, 2.24) is 20.2 Å². The van der Waals surface area contributed by atoms with Gasteiger partial charge in [-0.05, 0) is 44.0 Å². The summed E-state index contributed by atoms with van der Waals surface area (Å²) in [5, 5.41) is 7.13. The summed E-state index contributed by atoms with van der Waals surface area (Å²) < 4.78 is 0. The van der Waals surface area contributed by atoms with Gasteiger partial charge in [-0.15, -0.1) is 0 Å². The molecule has 0 radical (unpaired) electrons. The Morgan fingerprint density at radius 1 is 1.17 bits per heavy atom. The van der Waals surface area contributed by atoms with E-state index in [2.05, 4.69) is 32.0 Å². The predicted molar refractivity (Wildman–Crippen MR) is 112 cm³/mol. The van der Waals surface area contributed by atoms with Crippen LogP contribution in [0.1, 0.15) is 28.1 Å². The third kappa shape index (κ3) is 4.44. The molecule has 29 heavy (non-hydrogen) atoms. The SMILES string of the molecule is Cc1n[nH]c(C)c1CCN(C(N)=O)c1cccc(C#Cc2c(N)ncnc2N)c1. The Balaban J connectivity index is 1.85. The molecule has 9 heteroatoms. The van der Waals surface area contributed by atoms with E-state index in [-0.39, 0.29) is 11.6 Å². The number of aromatic amines is 1. The number of urea groups is 1. The molecule has 0 saturated heterocycles. The van der Waals surface area contributed by atoms with E-state index in [0.29, 0.717) is 29.8 Å². The Labute approximate surface area is 168 Å². The molecule has 0 aliphatic heterocycles. The molecule has 9 nitrogen and oxygen atoms in total. The van der Waals surface area contributed by atoms with Gasteiger partial charge >= 0.3 is 6.03 Å². The zero-order chi connectivity index (χ0) is 21.0. The summed E-state index contributed by atoms with van der Waals surface area (Å²) in [6.45, 7) is 4.29. The van der Waals surface area contributed by atoms with Crippen molar-refractivity contribution in [3.8, 4) is 11.8 Å². The molecule has 0 bridgehead atoms. The Hall–Kier alpha value is -4.06. The number of carbonyl (C=O) groups excluding carboxylic acids is 1. The molecule has 7 N–H and O–H groups in total. The fraction of sp³-hybridized carbons (Fsp3) is 0.200. The van der Waals surface area contributed by atoms with E-state index in [4.69, 9.17) is 17.2 Å². The van der Waals surface area contributed by atoms with Crippen LogP contribution in [0.5, 0.6) is 0 Å². The van der Waals surface area contributed by atoms with E-state index < -0.39 is 6.03 Å². The Bertz CT molecular complexity index is 1070. The number of nitrogen functional groups attached to an aromatic ring is 2. The first-order valence-corrected chi connectivity index (χ1v) is 8.92. The minimum Gasteiger partial charge on any atom is -0.382 e. The first kappa shape index (κ1) is 19.7. The summed E-state index contributed by atoms with van der Waals surface area (Å²) in [4.78, 5) is 21.3. The van der Waals surface area contributed by atoms with Crippen molar-refractivity contribution in [1.29, 1.82) is 0 Å². The smallest absolute Gasteiger partial charge is 0.319 e. The predicted octanol–water partition coefficient (Wildman–Crippen LogP) is 1.51. The van der Waals surface area contributed by atoms with Crippen LogP contribution in [0, 0.1) is 25.7 Å². The maximum Gasteiger partial charge on any atom is 0.319 e. The molecular formula is C20H22N8O. The van der Waals surface area contributed by atoms with Gasteiger partial charge in [-0.1, -0.05) is 17.9 Å². The second-order valence-corrected chi connectivity index (χ2v) is 6.47. The number of benzene rings is 1. The van der Waals surface area contributed by atoms with Crippen molar-refractivity contribution >= 4 is 23.4 Å². The van der Waals surface area contributed by atoms with Crippen LogP contribution in [0.2, 0.25) is 0 Å². The lowest BCUT2D eigenvalue weighted by Gasteiger charge is -2.21. The molecule has 0 unspecified atom stereocenters. The van der Waals surface area contributed by atoms with Gasteiger partial charge in [0, 0.05) is 23.5 Å². The Morgan fingerprint density at radius 2 is 1.90 bits per heavy atom. The lowest BCUT2D eigenvalue weighted by atomic mass is 10.1. The molecule has 0 aliphatic carbocycles.